The highest BCUT2D eigenvalue weighted by Crippen LogP contribution is 2.19. The molecule has 0 spiro atoms. The largest absolute Gasteiger partial charge is 0.357 e. The molecule has 0 aliphatic carbocycles. The highest BCUT2D eigenvalue weighted by atomic mass is 15.4. The highest BCUT2D eigenvalue weighted by Gasteiger charge is 2.21. The molecule has 6 heteroatoms. The number of rotatable bonds is 4. The van der Waals surface area contributed by atoms with Gasteiger partial charge in [-0.15, -0.1) is 0 Å². The maximum absolute atomic E-state index is 4.94. The van der Waals surface area contributed by atoms with Gasteiger partial charge in [-0.3, -0.25) is 0 Å². The third-order valence-corrected chi connectivity index (χ3v) is 5.03. The predicted molar refractivity (Wildman–Crippen MR) is 115 cm³/mol. The number of piperazine rings is 1. The minimum Gasteiger partial charge on any atom is -0.357 e. The summed E-state index contributed by atoms with van der Waals surface area (Å²) in [5, 5.41) is 5.99. The van der Waals surface area contributed by atoms with E-state index in [1.807, 2.05) is 6.07 Å². The standard InChI is InChI=1S/C22H26N6/c1-2-23-21(26-17-19-9-5-8-18-7-3-4-10-20(18)19)27-13-15-28(16-14-27)22-24-11-6-12-25-22/h3-12H,2,13-17H2,1H3,(H,23,26). The van der Waals surface area contributed by atoms with Gasteiger partial charge in [-0.1, -0.05) is 42.5 Å². The van der Waals surface area contributed by atoms with Crippen molar-refractivity contribution in [2.24, 2.45) is 4.99 Å². The van der Waals surface area contributed by atoms with Gasteiger partial charge in [0.15, 0.2) is 5.96 Å². The van der Waals surface area contributed by atoms with Gasteiger partial charge in [0.2, 0.25) is 5.95 Å². The average Bonchev–Trinajstić information content (AvgIpc) is 2.77. The van der Waals surface area contributed by atoms with Crippen LogP contribution in [-0.4, -0.2) is 53.6 Å². The van der Waals surface area contributed by atoms with Crippen LogP contribution in [0.3, 0.4) is 0 Å². The average molecular weight is 374 g/mol. The van der Waals surface area contributed by atoms with Gasteiger partial charge in [0.25, 0.3) is 0 Å². The monoisotopic (exact) mass is 374 g/mol. The molecule has 144 valence electrons. The Morgan fingerprint density at radius 1 is 0.964 bits per heavy atom. The number of hydrogen-bond acceptors (Lipinski definition) is 4. The summed E-state index contributed by atoms with van der Waals surface area (Å²) in [4.78, 5) is 18.2. The fraction of sp³-hybridized carbons (Fsp3) is 0.318. The van der Waals surface area contributed by atoms with Gasteiger partial charge in [-0.2, -0.15) is 0 Å². The Labute approximate surface area is 165 Å². The van der Waals surface area contributed by atoms with Crippen LogP contribution in [0.4, 0.5) is 5.95 Å². The summed E-state index contributed by atoms with van der Waals surface area (Å²) in [6, 6.07) is 16.8. The molecular weight excluding hydrogens is 348 g/mol. The third kappa shape index (κ3) is 4.06. The molecule has 1 aliphatic rings. The lowest BCUT2D eigenvalue weighted by Crippen LogP contribution is -2.52. The molecule has 1 aromatic heterocycles. The molecular formula is C22H26N6. The first kappa shape index (κ1) is 18.2. The molecule has 3 aromatic rings. The second kappa shape index (κ2) is 8.69. The van der Waals surface area contributed by atoms with E-state index in [9.17, 15) is 0 Å². The lowest BCUT2D eigenvalue weighted by atomic mass is 10.1. The van der Waals surface area contributed by atoms with E-state index < -0.39 is 0 Å². The van der Waals surface area contributed by atoms with Gasteiger partial charge in [-0.25, -0.2) is 15.0 Å². The van der Waals surface area contributed by atoms with Gasteiger partial charge in [0.1, 0.15) is 0 Å². The molecule has 2 aromatic carbocycles. The molecule has 1 N–H and O–H groups in total. The first-order valence-corrected chi connectivity index (χ1v) is 9.87. The van der Waals surface area contributed by atoms with Crippen LogP contribution in [0.2, 0.25) is 0 Å². The van der Waals surface area contributed by atoms with Gasteiger partial charge < -0.3 is 15.1 Å². The molecule has 1 saturated heterocycles. The van der Waals surface area contributed by atoms with Gasteiger partial charge in [0, 0.05) is 45.1 Å². The van der Waals surface area contributed by atoms with Crippen molar-refractivity contribution in [1.82, 2.24) is 20.2 Å². The maximum Gasteiger partial charge on any atom is 0.225 e. The minimum absolute atomic E-state index is 0.672. The highest BCUT2D eigenvalue weighted by molar-refractivity contribution is 5.86. The number of nitrogens with zero attached hydrogens (tertiary/aromatic N) is 5. The van der Waals surface area contributed by atoms with Crippen molar-refractivity contribution in [2.45, 2.75) is 13.5 Å². The number of guanidine groups is 1. The zero-order valence-corrected chi connectivity index (χ0v) is 16.3. The van der Waals surface area contributed by atoms with Crippen molar-refractivity contribution in [3.8, 4) is 0 Å². The summed E-state index contributed by atoms with van der Waals surface area (Å²) >= 11 is 0. The summed E-state index contributed by atoms with van der Waals surface area (Å²) in [5.74, 6) is 1.78. The zero-order valence-electron chi connectivity index (χ0n) is 16.3. The number of aliphatic imine (C=N–C) groups is 1. The number of fused-ring (bicyclic) bond motifs is 1. The van der Waals surface area contributed by atoms with Crippen LogP contribution in [0, 0.1) is 0 Å². The Balaban J connectivity index is 1.47. The summed E-state index contributed by atoms with van der Waals surface area (Å²) in [6.07, 6.45) is 3.59. The molecule has 1 aliphatic heterocycles. The van der Waals surface area contributed by atoms with Crippen LogP contribution < -0.4 is 10.2 Å². The van der Waals surface area contributed by atoms with Crippen LogP contribution in [0.5, 0.6) is 0 Å². The van der Waals surface area contributed by atoms with Crippen molar-refractivity contribution in [1.29, 1.82) is 0 Å². The van der Waals surface area contributed by atoms with Crippen LogP contribution in [-0.2, 0) is 6.54 Å². The van der Waals surface area contributed by atoms with Gasteiger partial charge in [0.05, 0.1) is 6.54 Å². The summed E-state index contributed by atoms with van der Waals surface area (Å²) in [6.45, 7) is 7.23. The number of aromatic nitrogens is 2. The van der Waals surface area contributed by atoms with E-state index in [0.717, 1.165) is 44.6 Å². The lowest BCUT2D eigenvalue weighted by molar-refractivity contribution is 0.370. The van der Waals surface area contributed by atoms with Gasteiger partial charge in [-0.05, 0) is 29.3 Å². The first-order valence-electron chi connectivity index (χ1n) is 9.87. The second-order valence-electron chi connectivity index (χ2n) is 6.83. The quantitative estimate of drug-likeness (QED) is 0.562. The van der Waals surface area contributed by atoms with Crippen molar-refractivity contribution in [2.75, 3.05) is 37.6 Å². The van der Waals surface area contributed by atoms with E-state index in [2.05, 4.69) is 74.5 Å². The molecule has 0 unspecified atom stereocenters. The van der Waals surface area contributed by atoms with Gasteiger partial charge >= 0.3 is 0 Å². The smallest absolute Gasteiger partial charge is 0.225 e. The summed E-state index contributed by atoms with van der Waals surface area (Å²) in [5.41, 5.74) is 1.25. The SMILES string of the molecule is CCNC(=NCc1cccc2ccccc12)N1CCN(c2ncccn2)CC1. The van der Waals surface area contributed by atoms with Crippen LogP contribution in [0.25, 0.3) is 10.8 Å². The van der Waals surface area contributed by atoms with E-state index in [4.69, 9.17) is 4.99 Å². The number of anilines is 1. The molecule has 28 heavy (non-hydrogen) atoms. The molecule has 0 radical (unpaired) electrons. The summed E-state index contributed by atoms with van der Waals surface area (Å²) < 4.78 is 0. The van der Waals surface area contributed by atoms with E-state index in [1.54, 1.807) is 12.4 Å². The molecule has 0 amide bonds. The maximum atomic E-state index is 4.94. The number of nitrogens with one attached hydrogen (secondary N) is 1. The molecule has 1 fully saturated rings. The van der Waals surface area contributed by atoms with Crippen molar-refractivity contribution in [3.05, 3.63) is 66.5 Å². The Kier molecular flexibility index (Phi) is 5.66. The van der Waals surface area contributed by atoms with E-state index >= 15 is 0 Å². The first-order chi connectivity index (χ1) is 13.8. The Bertz CT molecular complexity index is 927. The van der Waals surface area contributed by atoms with Crippen LogP contribution in [0.1, 0.15) is 12.5 Å². The second-order valence-corrected chi connectivity index (χ2v) is 6.83. The minimum atomic E-state index is 0.672. The Morgan fingerprint density at radius 2 is 1.71 bits per heavy atom. The van der Waals surface area contributed by atoms with Crippen molar-refractivity contribution in [3.63, 3.8) is 0 Å². The Hall–Kier alpha value is -3.15. The number of benzene rings is 2. The molecule has 4 rings (SSSR count). The van der Waals surface area contributed by atoms with E-state index in [1.165, 1.54) is 16.3 Å². The lowest BCUT2D eigenvalue weighted by Gasteiger charge is -2.36. The zero-order chi connectivity index (χ0) is 19.2. The number of hydrogen-bond donors (Lipinski definition) is 1. The van der Waals surface area contributed by atoms with Crippen molar-refractivity contribution < 1.29 is 0 Å². The fourth-order valence-electron chi connectivity index (χ4n) is 3.59. The van der Waals surface area contributed by atoms with Crippen LogP contribution in [0.15, 0.2) is 65.9 Å². The van der Waals surface area contributed by atoms with Crippen LogP contribution >= 0.6 is 0 Å². The molecule has 0 bridgehead atoms. The Morgan fingerprint density at radius 3 is 2.50 bits per heavy atom. The van der Waals surface area contributed by atoms with Crippen molar-refractivity contribution >= 4 is 22.7 Å². The summed E-state index contributed by atoms with van der Waals surface area (Å²) in [7, 11) is 0. The molecule has 0 saturated carbocycles. The molecule has 0 atom stereocenters. The molecule has 2 heterocycles. The topological polar surface area (TPSA) is 56.7 Å². The van der Waals surface area contributed by atoms with E-state index in [-0.39, 0.29) is 0 Å². The fourth-order valence-corrected chi connectivity index (χ4v) is 3.59. The molecule has 6 nitrogen and oxygen atoms in total. The predicted octanol–water partition coefficient (Wildman–Crippen LogP) is 2.92. The third-order valence-electron chi connectivity index (χ3n) is 5.03. The van der Waals surface area contributed by atoms with E-state index in [0.29, 0.717) is 6.54 Å². The normalized spacial score (nSPS) is 15.1.